The number of hydrogen-bond donors (Lipinski definition) is 2. The van der Waals surface area contributed by atoms with Gasteiger partial charge >= 0.3 is 0 Å². The Morgan fingerprint density at radius 2 is 2.13 bits per heavy atom. The Kier molecular flexibility index (Phi) is 2.55. The Hall–Kier alpha value is -2.02. The number of methoxy groups -OCH3 is 1. The lowest BCUT2D eigenvalue weighted by atomic mass is 10.2. The molecule has 0 amide bonds. The third-order valence-corrected chi connectivity index (χ3v) is 1.84. The number of aliphatic hydroxyl groups is 1. The standard InChI is InChI=1S/C8H9N5O2/c1-15-8-5(9-2-3-10-8)6(14)7-11-4-12-13-7/h2-4,6,14H,1H3,(H,11,12,13). The minimum Gasteiger partial charge on any atom is -0.480 e. The number of rotatable bonds is 3. The van der Waals surface area contributed by atoms with Gasteiger partial charge in [0.2, 0.25) is 5.88 Å². The molecule has 2 rings (SSSR count). The van der Waals surface area contributed by atoms with Crippen LogP contribution in [-0.2, 0) is 0 Å². The van der Waals surface area contributed by atoms with Gasteiger partial charge < -0.3 is 9.84 Å². The van der Waals surface area contributed by atoms with Gasteiger partial charge in [0.25, 0.3) is 0 Å². The second-order valence-corrected chi connectivity index (χ2v) is 2.72. The Bertz CT molecular complexity index is 430. The van der Waals surface area contributed by atoms with E-state index in [0.717, 1.165) is 0 Å². The average Bonchev–Trinajstić information content (AvgIpc) is 2.81. The van der Waals surface area contributed by atoms with Crippen molar-refractivity contribution in [1.82, 2.24) is 25.1 Å². The van der Waals surface area contributed by atoms with Gasteiger partial charge in [-0.25, -0.2) is 9.97 Å². The maximum atomic E-state index is 9.88. The number of aromatic nitrogens is 5. The van der Waals surface area contributed by atoms with Gasteiger partial charge in [-0.3, -0.25) is 10.1 Å². The molecule has 0 aliphatic rings. The SMILES string of the molecule is COc1nccnc1C(O)c1ncn[nH]1. The summed E-state index contributed by atoms with van der Waals surface area (Å²) in [7, 11) is 1.46. The molecule has 0 aliphatic heterocycles. The minimum atomic E-state index is -1.02. The van der Waals surface area contributed by atoms with Crippen molar-refractivity contribution in [3.05, 3.63) is 30.2 Å². The van der Waals surface area contributed by atoms with Gasteiger partial charge in [-0.2, -0.15) is 5.10 Å². The lowest BCUT2D eigenvalue weighted by molar-refractivity contribution is 0.198. The molecule has 0 saturated carbocycles. The quantitative estimate of drug-likeness (QED) is 0.716. The van der Waals surface area contributed by atoms with Crippen LogP contribution in [0.15, 0.2) is 18.7 Å². The topological polar surface area (TPSA) is 96.8 Å². The van der Waals surface area contributed by atoms with Crippen molar-refractivity contribution in [1.29, 1.82) is 0 Å². The van der Waals surface area contributed by atoms with Crippen LogP contribution in [-0.4, -0.2) is 37.4 Å². The molecule has 2 aromatic rings. The highest BCUT2D eigenvalue weighted by Crippen LogP contribution is 2.22. The summed E-state index contributed by atoms with van der Waals surface area (Å²) in [5.41, 5.74) is 0.303. The summed E-state index contributed by atoms with van der Waals surface area (Å²) in [5.74, 6) is 0.565. The van der Waals surface area contributed by atoms with Gasteiger partial charge in [-0.1, -0.05) is 0 Å². The zero-order valence-corrected chi connectivity index (χ0v) is 7.95. The number of H-pyrrole nitrogens is 1. The van der Waals surface area contributed by atoms with E-state index >= 15 is 0 Å². The first-order valence-corrected chi connectivity index (χ1v) is 4.21. The minimum absolute atomic E-state index is 0.265. The van der Waals surface area contributed by atoms with Gasteiger partial charge in [0.1, 0.15) is 12.0 Å². The first-order valence-electron chi connectivity index (χ1n) is 4.21. The summed E-state index contributed by atoms with van der Waals surface area (Å²) in [6.07, 6.45) is 3.24. The van der Waals surface area contributed by atoms with E-state index in [2.05, 4.69) is 25.1 Å². The van der Waals surface area contributed by atoms with Crippen LogP contribution in [0.5, 0.6) is 5.88 Å². The van der Waals surface area contributed by atoms with E-state index in [9.17, 15) is 5.11 Å². The van der Waals surface area contributed by atoms with Crippen LogP contribution < -0.4 is 4.74 Å². The zero-order valence-electron chi connectivity index (χ0n) is 7.95. The van der Waals surface area contributed by atoms with Crippen molar-refractivity contribution >= 4 is 0 Å². The molecule has 0 aliphatic carbocycles. The van der Waals surface area contributed by atoms with E-state index in [1.54, 1.807) is 0 Å². The van der Waals surface area contributed by atoms with Crippen LogP contribution in [0.4, 0.5) is 0 Å². The molecular formula is C8H9N5O2. The molecule has 2 aromatic heterocycles. The third kappa shape index (κ3) is 1.77. The summed E-state index contributed by atoms with van der Waals surface area (Å²) in [6, 6.07) is 0. The Morgan fingerprint density at radius 3 is 2.80 bits per heavy atom. The fourth-order valence-electron chi connectivity index (χ4n) is 1.16. The largest absolute Gasteiger partial charge is 0.480 e. The molecule has 0 spiro atoms. The fourth-order valence-corrected chi connectivity index (χ4v) is 1.16. The van der Waals surface area contributed by atoms with Crippen LogP contribution in [0.1, 0.15) is 17.6 Å². The van der Waals surface area contributed by atoms with Crippen LogP contribution in [0, 0.1) is 0 Å². The summed E-state index contributed by atoms with van der Waals surface area (Å²) < 4.78 is 4.97. The average molecular weight is 207 g/mol. The highest BCUT2D eigenvalue weighted by Gasteiger charge is 2.19. The van der Waals surface area contributed by atoms with E-state index in [1.165, 1.54) is 25.8 Å². The van der Waals surface area contributed by atoms with Crippen LogP contribution in [0.2, 0.25) is 0 Å². The molecule has 2 heterocycles. The van der Waals surface area contributed by atoms with Crippen molar-refractivity contribution in [3.63, 3.8) is 0 Å². The second-order valence-electron chi connectivity index (χ2n) is 2.72. The molecule has 0 aromatic carbocycles. The molecule has 78 valence electrons. The zero-order chi connectivity index (χ0) is 10.7. The van der Waals surface area contributed by atoms with Crippen molar-refractivity contribution in [2.24, 2.45) is 0 Å². The fraction of sp³-hybridized carbons (Fsp3) is 0.250. The molecule has 7 nitrogen and oxygen atoms in total. The second kappa shape index (κ2) is 4.01. The number of aliphatic hydroxyl groups excluding tert-OH is 1. The number of hydrogen-bond acceptors (Lipinski definition) is 6. The van der Waals surface area contributed by atoms with E-state index in [4.69, 9.17) is 4.74 Å². The first kappa shape index (κ1) is 9.53. The summed E-state index contributed by atoms with van der Waals surface area (Å²) in [6.45, 7) is 0. The predicted octanol–water partition coefficient (Wildman–Crippen LogP) is -0.315. The molecule has 0 fully saturated rings. The van der Waals surface area contributed by atoms with Gasteiger partial charge in [0.05, 0.1) is 7.11 Å². The normalized spacial score (nSPS) is 12.4. The predicted molar refractivity (Wildman–Crippen MR) is 49.0 cm³/mol. The number of nitrogens with zero attached hydrogens (tertiary/aromatic N) is 4. The number of aromatic amines is 1. The van der Waals surface area contributed by atoms with Gasteiger partial charge in [0.15, 0.2) is 11.9 Å². The van der Waals surface area contributed by atoms with Crippen molar-refractivity contribution < 1.29 is 9.84 Å². The first-order chi connectivity index (χ1) is 7.33. The highest BCUT2D eigenvalue weighted by atomic mass is 16.5. The third-order valence-electron chi connectivity index (χ3n) is 1.84. The molecular weight excluding hydrogens is 198 g/mol. The maximum Gasteiger partial charge on any atom is 0.238 e. The van der Waals surface area contributed by atoms with E-state index in [0.29, 0.717) is 11.5 Å². The molecule has 0 saturated heterocycles. The Balaban J connectivity index is 2.37. The lowest BCUT2D eigenvalue weighted by Gasteiger charge is -2.09. The highest BCUT2D eigenvalue weighted by molar-refractivity contribution is 5.23. The lowest BCUT2D eigenvalue weighted by Crippen LogP contribution is -2.07. The van der Waals surface area contributed by atoms with Crippen LogP contribution >= 0.6 is 0 Å². The molecule has 0 radical (unpaired) electrons. The summed E-state index contributed by atoms with van der Waals surface area (Å²) in [4.78, 5) is 11.7. The van der Waals surface area contributed by atoms with E-state index in [-0.39, 0.29) is 5.88 Å². The smallest absolute Gasteiger partial charge is 0.238 e. The van der Waals surface area contributed by atoms with E-state index in [1.807, 2.05) is 0 Å². The van der Waals surface area contributed by atoms with Crippen molar-refractivity contribution in [2.75, 3.05) is 7.11 Å². The van der Waals surface area contributed by atoms with Crippen molar-refractivity contribution in [3.8, 4) is 5.88 Å². The molecule has 15 heavy (non-hydrogen) atoms. The van der Waals surface area contributed by atoms with Crippen molar-refractivity contribution in [2.45, 2.75) is 6.10 Å². The molecule has 0 bridgehead atoms. The maximum absolute atomic E-state index is 9.88. The van der Waals surface area contributed by atoms with Crippen LogP contribution in [0.25, 0.3) is 0 Å². The summed E-state index contributed by atoms with van der Waals surface area (Å²) >= 11 is 0. The molecule has 7 heteroatoms. The van der Waals surface area contributed by atoms with Crippen LogP contribution in [0.3, 0.4) is 0 Å². The molecule has 1 atom stereocenters. The van der Waals surface area contributed by atoms with Gasteiger partial charge in [0, 0.05) is 12.4 Å². The molecule has 1 unspecified atom stereocenters. The Morgan fingerprint density at radius 1 is 1.33 bits per heavy atom. The summed E-state index contributed by atoms with van der Waals surface area (Å²) in [5, 5.41) is 16.1. The monoisotopic (exact) mass is 207 g/mol. The van der Waals surface area contributed by atoms with Gasteiger partial charge in [-0.15, -0.1) is 0 Å². The number of nitrogens with one attached hydrogen (secondary N) is 1. The molecule has 2 N–H and O–H groups in total. The Labute approximate surface area is 85.2 Å². The van der Waals surface area contributed by atoms with Gasteiger partial charge in [-0.05, 0) is 0 Å². The number of ether oxygens (including phenoxy) is 1. The van der Waals surface area contributed by atoms with E-state index < -0.39 is 6.10 Å².